The highest BCUT2D eigenvalue weighted by molar-refractivity contribution is 6.30. The monoisotopic (exact) mass is 496 g/mol. The summed E-state index contributed by atoms with van der Waals surface area (Å²) < 4.78 is 39.3. The van der Waals surface area contributed by atoms with Crippen LogP contribution in [0, 0.1) is 18.3 Å². The van der Waals surface area contributed by atoms with Crippen LogP contribution in [0.1, 0.15) is 64.6 Å². The van der Waals surface area contributed by atoms with E-state index >= 15 is 0 Å². The molecular weight excluding hydrogens is 473 g/mol. The lowest BCUT2D eigenvalue weighted by atomic mass is 9.94. The Morgan fingerprint density at radius 1 is 1.06 bits per heavy atom. The summed E-state index contributed by atoms with van der Waals surface area (Å²) in [7, 11) is 0. The van der Waals surface area contributed by atoms with Crippen LogP contribution in [0.3, 0.4) is 0 Å². The smallest absolute Gasteiger partial charge is 0.275 e. The Hall–Kier alpha value is -3.43. The molecule has 1 aromatic heterocycles. The third-order valence-electron chi connectivity index (χ3n) is 5.82. The van der Waals surface area contributed by atoms with Crippen molar-refractivity contribution in [2.24, 2.45) is 0 Å². The predicted octanol–water partition coefficient (Wildman–Crippen LogP) is 8.11. The van der Waals surface area contributed by atoms with Gasteiger partial charge in [0.2, 0.25) is 0 Å². The molecule has 0 amide bonds. The summed E-state index contributed by atoms with van der Waals surface area (Å²) in [5.41, 5.74) is 4.21. The van der Waals surface area contributed by atoms with Gasteiger partial charge in [-0.15, -0.1) is 0 Å². The fraction of sp³-hybridized carbons (Fsp3) is 0.250. The molecule has 1 aliphatic rings. The maximum absolute atomic E-state index is 13.1. The molecule has 0 bridgehead atoms. The van der Waals surface area contributed by atoms with Crippen molar-refractivity contribution in [1.29, 1.82) is 5.26 Å². The maximum Gasteiger partial charge on any atom is 0.416 e. The van der Waals surface area contributed by atoms with E-state index in [9.17, 15) is 18.0 Å². The molecule has 0 aliphatic heterocycles. The number of hydrogen-bond donors (Lipinski definition) is 0. The number of pyridine rings is 1. The number of rotatable bonds is 4. The molecule has 0 unspecified atom stereocenters. The van der Waals surface area contributed by atoms with E-state index < -0.39 is 17.5 Å². The van der Waals surface area contributed by atoms with Gasteiger partial charge in [0, 0.05) is 5.02 Å². The van der Waals surface area contributed by atoms with Gasteiger partial charge in [-0.2, -0.15) is 18.4 Å². The van der Waals surface area contributed by atoms with E-state index in [1.807, 2.05) is 24.3 Å². The summed E-state index contributed by atoms with van der Waals surface area (Å²) in [5.74, 6) is -0.734. The van der Waals surface area contributed by atoms with Gasteiger partial charge in [0.1, 0.15) is 11.8 Å². The number of Topliss-reactive ketones (excluding diaryl/α,β-unsaturated/α-hetero) is 1. The number of aryl methyl sites for hydroxylation is 2. The third-order valence-corrected chi connectivity index (χ3v) is 6.07. The van der Waals surface area contributed by atoms with Crippen molar-refractivity contribution in [3.05, 3.63) is 99.3 Å². The lowest BCUT2D eigenvalue weighted by Gasteiger charge is -2.14. The molecule has 2 aromatic carbocycles. The molecule has 180 valence electrons. The maximum atomic E-state index is 13.1. The van der Waals surface area contributed by atoms with Crippen molar-refractivity contribution in [2.75, 3.05) is 0 Å². The van der Waals surface area contributed by atoms with Gasteiger partial charge < -0.3 is 0 Å². The highest BCUT2D eigenvalue weighted by Crippen LogP contribution is 2.42. The summed E-state index contributed by atoms with van der Waals surface area (Å²) in [6.45, 7) is 3.91. The Bertz CT molecular complexity index is 1290. The van der Waals surface area contributed by atoms with Crippen LogP contribution in [0.5, 0.6) is 0 Å². The molecule has 3 aromatic rings. The predicted molar refractivity (Wildman–Crippen MR) is 132 cm³/mol. The normalized spacial score (nSPS) is 13.2. The van der Waals surface area contributed by atoms with Crippen molar-refractivity contribution < 1.29 is 18.0 Å². The summed E-state index contributed by atoms with van der Waals surface area (Å²) in [6.07, 6.45) is -1.20. The molecule has 0 atom stereocenters. The summed E-state index contributed by atoms with van der Waals surface area (Å²) in [4.78, 5) is 15.8. The van der Waals surface area contributed by atoms with Crippen molar-refractivity contribution in [2.45, 2.75) is 45.7 Å². The molecule has 0 radical (unpaired) electrons. The molecule has 0 saturated carbocycles. The van der Waals surface area contributed by atoms with Crippen LogP contribution in [0.15, 0.2) is 60.7 Å². The van der Waals surface area contributed by atoms with Crippen LogP contribution in [0.4, 0.5) is 13.2 Å². The minimum Gasteiger partial charge on any atom is -0.275 e. The number of benzene rings is 2. The number of halogens is 4. The standard InChI is InChI=1S/C20H15F3N2O.C8H9Cl/c1-12-8-9-13(20(21,22)23)10-16(12)14-4-2-5-15(14)17-6-3-7-18(25-17)19(26)11-24;1-2-7-3-5-8(9)6-4-7/h3,6-10H,2,4-5H2,1H3;3-6H,2H2,1H3. The van der Waals surface area contributed by atoms with Crippen LogP contribution in [-0.4, -0.2) is 10.8 Å². The van der Waals surface area contributed by atoms with Gasteiger partial charge >= 0.3 is 6.18 Å². The number of carbonyl (C=O) groups is 1. The van der Waals surface area contributed by atoms with E-state index in [1.165, 1.54) is 29.8 Å². The van der Waals surface area contributed by atoms with Crippen LogP contribution < -0.4 is 0 Å². The quantitative estimate of drug-likeness (QED) is 0.271. The van der Waals surface area contributed by atoms with Gasteiger partial charge in [0.15, 0.2) is 0 Å². The topological polar surface area (TPSA) is 53.8 Å². The van der Waals surface area contributed by atoms with Crippen molar-refractivity contribution >= 4 is 28.5 Å². The molecule has 7 heteroatoms. The van der Waals surface area contributed by atoms with Crippen LogP contribution in [-0.2, 0) is 12.6 Å². The molecular formula is C28H24ClF3N2O. The average molecular weight is 497 g/mol. The first-order valence-corrected chi connectivity index (χ1v) is 11.6. The van der Waals surface area contributed by atoms with Gasteiger partial charge in [0.05, 0.1) is 11.3 Å². The van der Waals surface area contributed by atoms with Crippen molar-refractivity contribution in [3.63, 3.8) is 0 Å². The second-order valence-corrected chi connectivity index (χ2v) is 8.60. The minimum absolute atomic E-state index is 0.0458. The number of nitriles is 1. The molecule has 0 spiro atoms. The van der Waals surface area contributed by atoms with E-state index in [0.717, 1.165) is 40.6 Å². The van der Waals surface area contributed by atoms with Crippen molar-refractivity contribution in [1.82, 2.24) is 4.98 Å². The van der Waals surface area contributed by atoms with E-state index in [0.29, 0.717) is 24.1 Å². The number of aromatic nitrogens is 1. The SMILES string of the molecule is CCc1ccc(Cl)cc1.Cc1ccc(C(F)(F)F)cc1C1=C(c2cccc(C(=O)C#N)n2)CCC1. The Morgan fingerprint density at radius 3 is 2.37 bits per heavy atom. The number of carbonyl (C=O) groups excluding carboxylic acids is 1. The number of nitrogens with zero attached hydrogens (tertiary/aromatic N) is 2. The van der Waals surface area contributed by atoms with Crippen LogP contribution >= 0.6 is 11.6 Å². The molecule has 0 saturated heterocycles. The summed E-state index contributed by atoms with van der Waals surface area (Å²) in [5, 5.41) is 9.57. The summed E-state index contributed by atoms with van der Waals surface area (Å²) in [6, 6.07) is 18.0. The average Bonchev–Trinajstić information content (AvgIpc) is 3.34. The van der Waals surface area contributed by atoms with Gasteiger partial charge in [-0.05, 0) is 96.8 Å². The molecule has 0 N–H and O–H groups in total. The van der Waals surface area contributed by atoms with Crippen LogP contribution in [0.2, 0.25) is 5.02 Å². The zero-order chi connectivity index (χ0) is 25.6. The largest absolute Gasteiger partial charge is 0.416 e. The number of ketones is 1. The van der Waals surface area contributed by atoms with E-state index in [-0.39, 0.29) is 5.69 Å². The molecule has 3 nitrogen and oxygen atoms in total. The number of hydrogen-bond acceptors (Lipinski definition) is 3. The number of alkyl halides is 3. The Kier molecular flexibility index (Phi) is 8.48. The minimum atomic E-state index is -4.40. The Morgan fingerprint density at radius 2 is 1.74 bits per heavy atom. The van der Waals surface area contributed by atoms with E-state index in [1.54, 1.807) is 19.1 Å². The zero-order valence-corrected chi connectivity index (χ0v) is 20.2. The first-order chi connectivity index (χ1) is 16.6. The molecule has 35 heavy (non-hydrogen) atoms. The van der Waals surface area contributed by atoms with E-state index in [2.05, 4.69) is 11.9 Å². The fourth-order valence-electron chi connectivity index (χ4n) is 3.95. The van der Waals surface area contributed by atoms with Gasteiger partial charge in [-0.1, -0.05) is 42.8 Å². The first-order valence-electron chi connectivity index (χ1n) is 11.2. The highest BCUT2D eigenvalue weighted by Gasteiger charge is 2.31. The van der Waals surface area contributed by atoms with Gasteiger partial charge in [-0.25, -0.2) is 4.98 Å². The highest BCUT2D eigenvalue weighted by atomic mass is 35.5. The summed E-state index contributed by atoms with van der Waals surface area (Å²) >= 11 is 5.67. The number of allylic oxidation sites excluding steroid dienone is 2. The molecule has 4 rings (SSSR count). The lowest BCUT2D eigenvalue weighted by molar-refractivity contribution is -0.137. The van der Waals surface area contributed by atoms with Gasteiger partial charge in [-0.3, -0.25) is 4.79 Å². The van der Waals surface area contributed by atoms with Crippen LogP contribution in [0.25, 0.3) is 11.1 Å². The third kappa shape index (κ3) is 6.58. The molecule has 1 aliphatic carbocycles. The van der Waals surface area contributed by atoms with Gasteiger partial charge in [0.25, 0.3) is 5.78 Å². The second kappa shape index (κ2) is 11.3. The van der Waals surface area contributed by atoms with Crippen molar-refractivity contribution in [3.8, 4) is 6.07 Å². The first kappa shape index (κ1) is 26.2. The Labute approximate surface area is 207 Å². The molecule has 0 fully saturated rings. The second-order valence-electron chi connectivity index (χ2n) is 8.17. The molecule has 1 heterocycles. The van der Waals surface area contributed by atoms with E-state index in [4.69, 9.17) is 16.9 Å². The lowest BCUT2D eigenvalue weighted by Crippen LogP contribution is -2.06. The Balaban J connectivity index is 0.000000320. The zero-order valence-electron chi connectivity index (χ0n) is 19.4. The fourth-order valence-corrected chi connectivity index (χ4v) is 4.08.